The summed E-state index contributed by atoms with van der Waals surface area (Å²) in [7, 11) is 3.30. The molecular formula is C15H18N2O2S. The topological polar surface area (TPSA) is 57.4 Å². The lowest BCUT2D eigenvalue weighted by atomic mass is 9.99. The number of rotatable bonds is 3. The van der Waals surface area contributed by atoms with Crippen molar-refractivity contribution in [3.8, 4) is 22.1 Å². The molecule has 2 aromatic rings. The molecule has 2 N–H and O–H groups in total. The highest BCUT2D eigenvalue weighted by Crippen LogP contribution is 2.42. The Bertz CT molecular complexity index is 624. The van der Waals surface area contributed by atoms with Crippen LogP contribution in [0.4, 0.5) is 0 Å². The lowest BCUT2D eigenvalue weighted by Gasteiger charge is -2.15. The van der Waals surface area contributed by atoms with E-state index in [0.717, 1.165) is 47.0 Å². The van der Waals surface area contributed by atoms with Gasteiger partial charge in [-0.25, -0.2) is 4.98 Å². The van der Waals surface area contributed by atoms with Gasteiger partial charge in [0.05, 0.1) is 25.5 Å². The third-order valence-corrected chi connectivity index (χ3v) is 4.80. The van der Waals surface area contributed by atoms with E-state index < -0.39 is 0 Å². The monoisotopic (exact) mass is 290 g/mol. The minimum atomic E-state index is 0.0698. The van der Waals surface area contributed by atoms with Gasteiger partial charge in [-0.1, -0.05) is 6.07 Å². The highest BCUT2D eigenvalue weighted by Gasteiger charge is 2.24. The molecule has 0 saturated carbocycles. The van der Waals surface area contributed by atoms with Gasteiger partial charge in [-0.3, -0.25) is 0 Å². The highest BCUT2D eigenvalue weighted by atomic mass is 32.1. The van der Waals surface area contributed by atoms with Gasteiger partial charge in [0.15, 0.2) is 11.5 Å². The van der Waals surface area contributed by atoms with Crippen molar-refractivity contribution in [2.24, 2.45) is 5.73 Å². The Hall–Kier alpha value is -1.59. The van der Waals surface area contributed by atoms with Gasteiger partial charge in [0.25, 0.3) is 0 Å². The van der Waals surface area contributed by atoms with Crippen molar-refractivity contribution in [2.45, 2.75) is 25.3 Å². The van der Waals surface area contributed by atoms with Crippen LogP contribution in [0.1, 0.15) is 29.5 Å². The number of aromatic nitrogens is 1. The molecule has 5 heteroatoms. The van der Waals surface area contributed by atoms with Crippen LogP contribution >= 0.6 is 11.3 Å². The molecule has 1 unspecified atom stereocenters. The van der Waals surface area contributed by atoms with E-state index in [1.54, 1.807) is 25.6 Å². The highest BCUT2D eigenvalue weighted by molar-refractivity contribution is 7.15. The standard InChI is InChI=1S/C15H18N2O2S/c1-18-11-7-3-5-9(14(11)19-2)15-17-13-10(16)6-4-8-12(13)20-15/h3,5,7,10H,4,6,8,16H2,1-2H3. The summed E-state index contributed by atoms with van der Waals surface area (Å²) in [5.41, 5.74) is 8.18. The third kappa shape index (κ3) is 2.17. The molecule has 1 atom stereocenters. The molecule has 1 aromatic carbocycles. The largest absolute Gasteiger partial charge is 0.493 e. The van der Waals surface area contributed by atoms with Crippen LogP contribution in [0, 0.1) is 0 Å². The number of nitrogens with two attached hydrogens (primary N) is 1. The number of aryl methyl sites for hydroxylation is 1. The number of fused-ring (bicyclic) bond motifs is 1. The van der Waals surface area contributed by atoms with E-state index in [9.17, 15) is 0 Å². The molecule has 0 spiro atoms. The van der Waals surface area contributed by atoms with Crippen molar-refractivity contribution < 1.29 is 9.47 Å². The van der Waals surface area contributed by atoms with Crippen LogP contribution in [0.2, 0.25) is 0 Å². The van der Waals surface area contributed by atoms with Gasteiger partial charge in [-0.15, -0.1) is 11.3 Å². The molecule has 1 aromatic heterocycles. The van der Waals surface area contributed by atoms with Gasteiger partial charge >= 0.3 is 0 Å². The van der Waals surface area contributed by atoms with E-state index in [0.29, 0.717) is 0 Å². The van der Waals surface area contributed by atoms with E-state index >= 15 is 0 Å². The maximum absolute atomic E-state index is 6.15. The van der Waals surface area contributed by atoms with E-state index in [-0.39, 0.29) is 6.04 Å². The summed E-state index contributed by atoms with van der Waals surface area (Å²) in [6.07, 6.45) is 3.24. The predicted molar refractivity (Wildman–Crippen MR) is 80.5 cm³/mol. The number of benzene rings is 1. The number of para-hydroxylation sites is 1. The van der Waals surface area contributed by atoms with Gasteiger partial charge < -0.3 is 15.2 Å². The third-order valence-electron chi connectivity index (χ3n) is 3.63. The summed E-state index contributed by atoms with van der Waals surface area (Å²) < 4.78 is 10.8. The normalized spacial score (nSPS) is 17.6. The average molecular weight is 290 g/mol. The Morgan fingerprint density at radius 2 is 2.15 bits per heavy atom. The Morgan fingerprint density at radius 3 is 2.85 bits per heavy atom. The molecule has 1 heterocycles. The van der Waals surface area contributed by atoms with Crippen molar-refractivity contribution in [2.75, 3.05) is 14.2 Å². The smallest absolute Gasteiger partial charge is 0.170 e. The fraction of sp³-hybridized carbons (Fsp3) is 0.400. The minimum Gasteiger partial charge on any atom is -0.493 e. The number of hydrogen-bond acceptors (Lipinski definition) is 5. The zero-order chi connectivity index (χ0) is 14.1. The fourth-order valence-electron chi connectivity index (χ4n) is 2.62. The molecule has 0 aliphatic heterocycles. The second-order valence-corrected chi connectivity index (χ2v) is 5.95. The summed E-state index contributed by atoms with van der Waals surface area (Å²) in [6.45, 7) is 0. The molecule has 0 radical (unpaired) electrons. The van der Waals surface area contributed by atoms with Crippen molar-refractivity contribution in [1.29, 1.82) is 0 Å². The second-order valence-electron chi connectivity index (χ2n) is 4.87. The molecule has 3 rings (SSSR count). The number of thiazole rings is 1. The molecule has 106 valence electrons. The van der Waals surface area contributed by atoms with E-state index in [4.69, 9.17) is 20.2 Å². The first-order chi connectivity index (χ1) is 9.74. The summed E-state index contributed by atoms with van der Waals surface area (Å²) in [6, 6.07) is 5.93. The quantitative estimate of drug-likeness (QED) is 0.943. The SMILES string of the molecule is COc1cccc(-c2nc3c(s2)CCCC3N)c1OC. The number of methoxy groups -OCH3 is 2. The molecular weight excluding hydrogens is 272 g/mol. The number of ether oxygens (including phenoxy) is 2. The maximum atomic E-state index is 6.15. The summed E-state index contributed by atoms with van der Waals surface area (Å²) in [5.74, 6) is 1.46. The Morgan fingerprint density at radius 1 is 1.30 bits per heavy atom. The van der Waals surface area contributed by atoms with Crippen LogP contribution < -0.4 is 15.2 Å². The summed E-state index contributed by atoms with van der Waals surface area (Å²) in [5, 5.41) is 0.961. The van der Waals surface area contributed by atoms with E-state index in [2.05, 4.69) is 0 Å². The molecule has 0 fully saturated rings. The second kappa shape index (κ2) is 5.42. The molecule has 0 saturated heterocycles. The van der Waals surface area contributed by atoms with Gasteiger partial charge in [0.2, 0.25) is 0 Å². The lowest BCUT2D eigenvalue weighted by Crippen LogP contribution is -2.16. The van der Waals surface area contributed by atoms with Crippen molar-refractivity contribution in [3.63, 3.8) is 0 Å². The fourth-order valence-corrected chi connectivity index (χ4v) is 3.82. The van der Waals surface area contributed by atoms with Crippen LogP contribution in [0.25, 0.3) is 10.6 Å². The predicted octanol–water partition coefficient (Wildman–Crippen LogP) is 3.16. The van der Waals surface area contributed by atoms with Crippen molar-refractivity contribution in [1.82, 2.24) is 4.98 Å². The Balaban J connectivity index is 2.10. The van der Waals surface area contributed by atoms with Gasteiger partial charge in [-0.2, -0.15) is 0 Å². The summed E-state index contributed by atoms with van der Waals surface area (Å²) >= 11 is 1.71. The van der Waals surface area contributed by atoms with E-state index in [1.807, 2.05) is 18.2 Å². The number of nitrogens with zero attached hydrogens (tertiary/aromatic N) is 1. The molecule has 1 aliphatic carbocycles. The van der Waals surface area contributed by atoms with Gasteiger partial charge in [0.1, 0.15) is 5.01 Å². The van der Waals surface area contributed by atoms with Crippen molar-refractivity contribution >= 4 is 11.3 Å². The van der Waals surface area contributed by atoms with Crippen LogP contribution in [0.5, 0.6) is 11.5 Å². The Labute approximate surface area is 122 Å². The molecule has 0 amide bonds. The van der Waals surface area contributed by atoms with Crippen LogP contribution in [-0.2, 0) is 6.42 Å². The first-order valence-corrected chi connectivity index (χ1v) is 7.52. The zero-order valence-corrected chi connectivity index (χ0v) is 12.5. The van der Waals surface area contributed by atoms with Gasteiger partial charge in [0, 0.05) is 10.9 Å². The molecule has 0 bridgehead atoms. The first-order valence-electron chi connectivity index (χ1n) is 6.71. The van der Waals surface area contributed by atoms with Crippen LogP contribution in [-0.4, -0.2) is 19.2 Å². The molecule has 4 nitrogen and oxygen atoms in total. The average Bonchev–Trinajstić information content (AvgIpc) is 2.91. The van der Waals surface area contributed by atoms with Crippen LogP contribution in [0.3, 0.4) is 0 Å². The van der Waals surface area contributed by atoms with Gasteiger partial charge in [-0.05, 0) is 31.4 Å². The number of hydrogen-bond donors (Lipinski definition) is 1. The maximum Gasteiger partial charge on any atom is 0.170 e. The zero-order valence-electron chi connectivity index (χ0n) is 11.7. The molecule has 20 heavy (non-hydrogen) atoms. The van der Waals surface area contributed by atoms with Crippen LogP contribution in [0.15, 0.2) is 18.2 Å². The Kier molecular flexibility index (Phi) is 3.63. The molecule has 1 aliphatic rings. The minimum absolute atomic E-state index is 0.0698. The lowest BCUT2D eigenvalue weighted by molar-refractivity contribution is 0.356. The van der Waals surface area contributed by atoms with E-state index in [1.165, 1.54) is 4.88 Å². The summed E-state index contributed by atoms with van der Waals surface area (Å²) in [4.78, 5) is 6.05. The first kappa shape index (κ1) is 13.4. The van der Waals surface area contributed by atoms with Crippen molar-refractivity contribution in [3.05, 3.63) is 28.8 Å².